The van der Waals surface area contributed by atoms with Crippen LogP contribution in [-0.4, -0.2) is 9.97 Å². The van der Waals surface area contributed by atoms with Crippen molar-refractivity contribution in [2.75, 3.05) is 0 Å². The van der Waals surface area contributed by atoms with Crippen molar-refractivity contribution in [2.24, 2.45) is 5.92 Å². The van der Waals surface area contributed by atoms with Gasteiger partial charge in [0.25, 0.3) is 0 Å². The normalized spacial score (nSPS) is 15.5. The average Bonchev–Trinajstić information content (AvgIpc) is 3.62. The Labute approximate surface area is 333 Å². The lowest BCUT2D eigenvalue weighted by atomic mass is 9.77. The summed E-state index contributed by atoms with van der Waals surface area (Å²) in [5.41, 5.74) is 19.2. The van der Waals surface area contributed by atoms with Crippen LogP contribution in [0.15, 0.2) is 200 Å². The lowest BCUT2D eigenvalue weighted by Gasteiger charge is -2.27. The summed E-state index contributed by atoms with van der Waals surface area (Å²) < 4.78 is 0. The molecule has 0 fully saturated rings. The zero-order valence-corrected chi connectivity index (χ0v) is 31.6. The van der Waals surface area contributed by atoms with E-state index in [2.05, 4.69) is 188 Å². The predicted molar refractivity (Wildman–Crippen MR) is 239 cm³/mol. The van der Waals surface area contributed by atoms with Crippen molar-refractivity contribution in [3.63, 3.8) is 0 Å². The van der Waals surface area contributed by atoms with Gasteiger partial charge < -0.3 is 0 Å². The molecule has 2 atom stereocenters. The third-order valence-corrected chi connectivity index (χ3v) is 12.0. The van der Waals surface area contributed by atoms with Crippen LogP contribution in [0.3, 0.4) is 0 Å². The number of hydrogen-bond acceptors (Lipinski definition) is 2. The van der Waals surface area contributed by atoms with Gasteiger partial charge in [-0.25, -0.2) is 4.98 Å². The first-order valence-corrected chi connectivity index (χ1v) is 19.9. The molecule has 11 rings (SSSR count). The van der Waals surface area contributed by atoms with Crippen molar-refractivity contribution >= 4 is 27.2 Å². The molecule has 9 aromatic rings. The van der Waals surface area contributed by atoms with Crippen molar-refractivity contribution < 1.29 is 0 Å². The second-order valence-electron chi connectivity index (χ2n) is 15.3. The molecule has 0 N–H and O–H groups in total. The zero-order chi connectivity index (χ0) is 37.9. The van der Waals surface area contributed by atoms with Gasteiger partial charge in [0.1, 0.15) is 0 Å². The lowest BCUT2D eigenvalue weighted by Crippen LogP contribution is -2.10. The van der Waals surface area contributed by atoms with Crippen molar-refractivity contribution in [1.82, 2.24) is 9.97 Å². The van der Waals surface area contributed by atoms with E-state index in [1.165, 1.54) is 83.1 Å². The maximum atomic E-state index is 5.13. The fourth-order valence-corrected chi connectivity index (χ4v) is 9.34. The smallest absolute Gasteiger partial charge is 0.0900 e. The lowest BCUT2D eigenvalue weighted by molar-refractivity contribution is 0.638. The Kier molecular flexibility index (Phi) is 7.89. The Balaban J connectivity index is 1.07. The SMILES string of the molecule is CC1C=C(c2cc(-c3ccccc3)c3c(c2-c2ccccc2)-c2cccc4cccc-3c24)C=CC1c1ccc2nc(-c3ccccn3)cc(-c3ccccc3)c2c1. The molecule has 57 heavy (non-hydrogen) atoms. The van der Waals surface area contributed by atoms with Crippen LogP contribution in [-0.2, 0) is 0 Å². The predicted octanol–water partition coefficient (Wildman–Crippen LogP) is 14.5. The van der Waals surface area contributed by atoms with E-state index in [1.54, 1.807) is 0 Å². The standard InChI is InChI=1S/C55H38N2/c1-35-31-40(26-28-42(35)41-27-29-49-48(32-41)45(36-15-5-2-6-16-36)34-51(57-49)50-25-11-12-30-56-50)47-33-46(37-17-7-3-8-18-37)54-43-23-13-21-38-22-14-24-44(52(38)43)55(54)53(47)39-19-9-4-10-20-39/h2-35,42H,1H3. The molecule has 2 heterocycles. The van der Waals surface area contributed by atoms with Gasteiger partial charge >= 0.3 is 0 Å². The van der Waals surface area contributed by atoms with Gasteiger partial charge in [0, 0.05) is 17.5 Å². The molecule has 0 aliphatic heterocycles. The van der Waals surface area contributed by atoms with Gasteiger partial charge in [0.15, 0.2) is 0 Å². The summed E-state index contributed by atoms with van der Waals surface area (Å²) in [7, 11) is 0. The van der Waals surface area contributed by atoms with Crippen LogP contribution in [0.5, 0.6) is 0 Å². The number of aromatic nitrogens is 2. The summed E-state index contributed by atoms with van der Waals surface area (Å²) in [6, 6.07) is 63.6. The van der Waals surface area contributed by atoms with Gasteiger partial charge in [0.2, 0.25) is 0 Å². The first-order chi connectivity index (χ1) is 28.2. The van der Waals surface area contributed by atoms with Crippen LogP contribution in [0, 0.1) is 5.92 Å². The molecule has 7 aromatic carbocycles. The molecule has 0 radical (unpaired) electrons. The highest BCUT2D eigenvalue weighted by molar-refractivity contribution is 6.22. The number of hydrogen-bond donors (Lipinski definition) is 0. The Morgan fingerprint density at radius 1 is 0.474 bits per heavy atom. The summed E-state index contributed by atoms with van der Waals surface area (Å²) in [5.74, 6) is 0.458. The van der Waals surface area contributed by atoms with Crippen molar-refractivity contribution in [3.8, 4) is 67.0 Å². The third-order valence-electron chi connectivity index (χ3n) is 12.0. The third kappa shape index (κ3) is 5.56. The molecule has 2 unspecified atom stereocenters. The first kappa shape index (κ1) is 33.2. The molecule has 2 aliphatic rings. The molecular formula is C55H38N2. The number of rotatable bonds is 6. The topological polar surface area (TPSA) is 25.8 Å². The summed E-state index contributed by atoms with van der Waals surface area (Å²) in [6.07, 6.45) is 9.14. The number of nitrogens with zero attached hydrogens (tertiary/aromatic N) is 2. The monoisotopic (exact) mass is 726 g/mol. The van der Waals surface area contributed by atoms with Crippen LogP contribution >= 0.6 is 0 Å². The number of fused-ring (bicyclic) bond motifs is 4. The van der Waals surface area contributed by atoms with Gasteiger partial charge in [-0.1, -0.05) is 165 Å². The first-order valence-electron chi connectivity index (χ1n) is 19.9. The van der Waals surface area contributed by atoms with E-state index in [1.807, 2.05) is 24.4 Å². The second-order valence-corrected chi connectivity index (χ2v) is 15.3. The van der Waals surface area contributed by atoms with Crippen molar-refractivity contribution in [2.45, 2.75) is 12.8 Å². The van der Waals surface area contributed by atoms with Gasteiger partial charge in [-0.15, -0.1) is 0 Å². The molecule has 0 amide bonds. The van der Waals surface area contributed by atoms with E-state index >= 15 is 0 Å². The molecule has 2 aromatic heterocycles. The van der Waals surface area contributed by atoms with Gasteiger partial charge in [0.05, 0.1) is 16.9 Å². The molecule has 2 heteroatoms. The van der Waals surface area contributed by atoms with E-state index in [4.69, 9.17) is 4.98 Å². The molecular weight excluding hydrogens is 689 g/mol. The Hall–Kier alpha value is -7.16. The van der Waals surface area contributed by atoms with Gasteiger partial charge in [-0.2, -0.15) is 0 Å². The Bertz CT molecular complexity index is 3050. The number of pyridine rings is 2. The van der Waals surface area contributed by atoms with E-state index in [0.29, 0.717) is 0 Å². The maximum absolute atomic E-state index is 5.13. The average molecular weight is 727 g/mol. The van der Waals surface area contributed by atoms with E-state index < -0.39 is 0 Å². The fourth-order valence-electron chi connectivity index (χ4n) is 9.34. The largest absolute Gasteiger partial charge is 0.255 e. The summed E-state index contributed by atoms with van der Waals surface area (Å²) in [4.78, 5) is 9.76. The molecule has 0 saturated heterocycles. The van der Waals surface area contributed by atoms with Crippen LogP contribution in [0.25, 0.3) is 94.3 Å². The highest BCUT2D eigenvalue weighted by atomic mass is 14.8. The molecule has 0 spiro atoms. The summed E-state index contributed by atoms with van der Waals surface area (Å²) in [6.45, 7) is 2.36. The minimum Gasteiger partial charge on any atom is -0.255 e. The second kappa shape index (κ2) is 13.5. The van der Waals surface area contributed by atoms with E-state index in [-0.39, 0.29) is 11.8 Å². The van der Waals surface area contributed by atoms with Crippen molar-refractivity contribution in [3.05, 3.63) is 211 Å². The van der Waals surface area contributed by atoms with E-state index in [9.17, 15) is 0 Å². The Morgan fingerprint density at radius 3 is 1.82 bits per heavy atom. The van der Waals surface area contributed by atoms with Gasteiger partial charge in [-0.05, 0) is 125 Å². The van der Waals surface area contributed by atoms with Crippen LogP contribution < -0.4 is 0 Å². The molecule has 268 valence electrons. The molecule has 2 nitrogen and oxygen atoms in total. The summed E-state index contributed by atoms with van der Waals surface area (Å²) in [5, 5.41) is 3.78. The molecule has 0 saturated carbocycles. The van der Waals surface area contributed by atoms with Crippen molar-refractivity contribution in [1.29, 1.82) is 0 Å². The highest BCUT2D eigenvalue weighted by Crippen LogP contribution is 2.57. The minimum absolute atomic E-state index is 0.207. The zero-order valence-electron chi connectivity index (χ0n) is 31.6. The highest BCUT2D eigenvalue weighted by Gasteiger charge is 2.31. The van der Waals surface area contributed by atoms with Crippen LogP contribution in [0.1, 0.15) is 24.0 Å². The fraction of sp³-hybridized carbons (Fsp3) is 0.0545. The maximum Gasteiger partial charge on any atom is 0.0900 e. The van der Waals surface area contributed by atoms with Gasteiger partial charge in [-0.3, -0.25) is 4.98 Å². The molecule has 2 aliphatic carbocycles. The quantitative estimate of drug-likeness (QED) is 0.170. The number of allylic oxidation sites excluding steroid dienone is 4. The van der Waals surface area contributed by atoms with Crippen LogP contribution in [0.2, 0.25) is 0 Å². The minimum atomic E-state index is 0.207. The number of benzene rings is 7. The van der Waals surface area contributed by atoms with E-state index in [0.717, 1.165) is 22.3 Å². The Morgan fingerprint density at radius 2 is 1.14 bits per heavy atom. The van der Waals surface area contributed by atoms with Crippen LogP contribution in [0.4, 0.5) is 0 Å². The molecule has 0 bridgehead atoms. The summed E-state index contributed by atoms with van der Waals surface area (Å²) >= 11 is 0.